The van der Waals surface area contributed by atoms with Crippen LogP contribution in [0.2, 0.25) is 0 Å². The van der Waals surface area contributed by atoms with Crippen molar-refractivity contribution in [2.75, 3.05) is 18.5 Å². The number of hydrogen-bond acceptors (Lipinski definition) is 4. The molecule has 0 saturated heterocycles. The van der Waals surface area contributed by atoms with Gasteiger partial charge in [-0.25, -0.2) is 4.98 Å². The van der Waals surface area contributed by atoms with E-state index < -0.39 is 0 Å². The van der Waals surface area contributed by atoms with E-state index in [1.54, 1.807) is 6.20 Å². The Hall–Kier alpha value is -1.78. The molecule has 18 heavy (non-hydrogen) atoms. The fourth-order valence-electron chi connectivity index (χ4n) is 1.48. The molecule has 0 aliphatic heterocycles. The second-order valence-corrected chi connectivity index (χ2v) is 4.18. The number of aromatic nitrogens is 1. The molecule has 2 N–H and O–H groups in total. The van der Waals surface area contributed by atoms with Gasteiger partial charge >= 0.3 is 0 Å². The Morgan fingerprint density at radius 1 is 1.50 bits per heavy atom. The molecule has 0 atom stereocenters. The van der Waals surface area contributed by atoms with Crippen LogP contribution in [0.3, 0.4) is 0 Å². The summed E-state index contributed by atoms with van der Waals surface area (Å²) in [6.07, 6.45) is 2.11. The van der Waals surface area contributed by atoms with E-state index in [-0.39, 0.29) is 11.9 Å². The average molecular weight is 251 g/mol. The largest absolute Gasteiger partial charge is 0.490 e. The van der Waals surface area contributed by atoms with Crippen molar-refractivity contribution in [3.05, 3.63) is 18.3 Å². The zero-order valence-corrected chi connectivity index (χ0v) is 11.2. The lowest BCUT2D eigenvalue weighted by molar-refractivity contribution is -0.121. The summed E-state index contributed by atoms with van der Waals surface area (Å²) < 4.78 is 5.43. The molecular weight excluding hydrogens is 230 g/mol. The Balaban J connectivity index is 2.41. The van der Waals surface area contributed by atoms with E-state index in [1.165, 1.54) is 0 Å². The van der Waals surface area contributed by atoms with E-state index in [0.717, 1.165) is 0 Å². The fraction of sp³-hybridized carbons (Fsp3) is 0.538. The summed E-state index contributed by atoms with van der Waals surface area (Å²) in [4.78, 5) is 15.6. The molecule has 0 fully saturated rings. The normalized spacial score (nSPS) is 10.2. The van der Waals surface area contributed by atoms with E-state index in [9.17, 15) is 4.79 Å². The molecule has 0 aliphatic carbocycles. The van der Waals surface area contributed by atoms with Gasteiger partial charge in [-0.3, -0.25) is 4.79 Å². The number of nitrogens with one attached hydrogen (secondary N) is 2. The molecular formula is C13H21N3O2. The van der Waals surface area contributed by atoms with Gasteiger partial charge in [0.15, 0.2) is 11.6 Å². The van der Waals surface area contributed by atoms with Crippen LogP contribution in [0, 0.1) is 0 Å². The topological polar surface area (TPSA) is 63.2 Å². The van der Waals surface area contributed by atoms with Crippen LogP contribution in [0.5, 0.6) is 5.75 Å². The van der Waals surface area contributed by atoms with Gasteiger partial charge in [-0.15, -0.1) is 0 Å². The van der Waals surface area contributed by atoms with E-state index in [4.69, 9.17) is 4.74 Å². The molecule has 0 bridgehead atoms. The van der Waals surface area contributed by atoms with Gasteiger partial charge in [0.2, 0.25) is 5.91 Å². The first kappa shape index (κ1) is 14.3. The highest BCUT2D eigenvalue weighted by atomic mass is 16.5. The molecule has 5 heteroatoms. The molecule has 1 aromatic rings. The van der Waals surface area contributed by atoms with Crippen molar-refractivity contribution in [3.63, 3.8) is 0 Å². The molecule has 0 spiro atoms. The van der Waals surface area contributed by atoms with Gasteiger partial charge in [-0.2, -0.15) is 0 Å². The predicted octanol–water partition coefficient (Wildman–Crippen LogP) is 1.81. The third kappa shape index (κ3) is 5.03. The Morgan fingerprint density at radius 3 is 2.94 bits per heavy atom. The molecule has 1 rings (SSSR count). The van der Waals surface area contributed by atoms with Crippen LogP contribution in [0.15, 0.2) is 18.3 Å². The fourth-order valence-corrected chi connectivity index (χ4v) is 1.48. The number of nitrogens with zero attached hydrogens (tertiary/aromatic N) is 1. The van der Waals surface area contributed by atoms with E-state index >= 15 is 0 Å². The predicted molar refractivity (Wildman–Crippen MR) is 71.8 cm³/mol. The third-order valence-corrected chi connectivity index (χ3v) is 2.16. The Morgan fingerprint density at radius 2 is 2.28 bits per heavy atom. The highest BCUT2D eigenvalue weighted by molar-refractivity contribution is 5.76. The van der Waals surface area contributed by atoms with Crippen LogP contribution in [-0.2, 0) is 4.79 Å². The highest BCUT2D eigenvalue weighted by Gasteiger charge is 2.06. The maximum absolute atomic E-state index is 11.5. The number of carbonyl (C=O) groups is 1. The molecule has 0 aliphatic rings. The van der Waals surface area contributed by atoms with Gasteiger partial charge in [-0.05, 0) is 32.9 Å². The summed E-state index contributed by atoms with van der Waals surface area (Å²) in [6, 6.07) is 3.85. The standard InChI is InChI=1S/C13H21N3O2/c1-4-18-11-6-5-8-14-13(11)15-9-7-12(17)16-10(2)3/h5-6,8,10H,4,7,9H2,1-3H3,(H,14,15)(H,16,17). The summed E-state index contributed by atoms with van der Waals surface area (Å²) in [7, 11) is 0. The van der Waals surface area contributed by atoms with Crippen molar-refractivity contribution >= 4 is 11.7 Å². The van der Waals surface area contributed by atoms with Gasteiger partial charge in [0, 0.05) is 25.2 Å². The van der Waals surface area contributed by atoms with E-state index in [0.29, 0.717) is 31.1 Å². The maximum Gasteiger partial charge on any atom is 0.221 e. The number of pyridine rings is 1. The Bertz CT molecular complexity index is 380. The molecule has 1 aromatic heterocycles. The molecule has 5 nitrogen and oxygen atoms in total. The monoisotopic (exact) mass is 251 g/mol. The van der Waals surface area contributed by atoms with Gasteiger partial charge < -0.3 is 15.4 Å². The minimum atomic E-state index is 0.0337. The van der Waals surface area contributed by atoms with Crippen LogP contribution in [-0.4, -0.2) is 30.1 Å². The molecule has 100 valence electrons. The summed E-state index contributed by atoms with van der Waals surface area (Å²) >= 11 is 0. The van der Waals surface area contributed by atoms with E-state index in [2.05, 4.69) is 15.6 Å². The van der Waals surface area contributed by atoms with Gasteiger partial charge in [0.25, 0.3) is 0 Å². The number of ether oxygens (including phenoxy) is 1. The van der Waals surface area contributed by atoms with Crippen molar-refractivity contribution < 1.29 is 9.53 Å². The second-order valence-electron chi connectivity index (χ2n) is 4.18. The van der Waals surface area contributed by atoms with Crippen molar-refractivity contribution in [1.29, 1.82) is 0 Å². The zero-order valence-electron chi connectivity index (χ0n) is 11.2. The summed E-state index contributed by atoms with van der Waals surface area (Å²) in [5, 5.41) is 5.94. The number of hydrogen-bond donors (Lipinski definition) is 2. The Labute approximate surface area is 108 Å². The van der Waals surface area contributed by atoms with Crippen LogP contribution in [0.25, 0.3) is 0 Å². The molecule has 0 aromatic carbocycles. The number of carbonyl (C=O) groups excluding carboxylic acids is 1. The minimum absolute atomic E-state index is 0.0337. The number of anilines is 1. The smallest absolute Gasteiger partial charge is 0.221 e. The van der Waals surface area contributed by atoms with Crippen LogP contribution in [0.4, 0.5) is 5.82 Å². The number of amides is 1. The van der Waals surface area contributed by atoms with E-state index in [1.807, 2.05) is 32.9 Å². The molecule has 1 amide bonds. The lowest BCUT2D eigenvalue weighted by atomic mass is 10.3. The summed E-state index contributed by atoms with van der Waals surface area (Å²) in [6.45, 7) is 6.94. The van der Waals surface area contributed by atoms with Crippen molar-refractivity contribution in [1.82, 2.24) is 10.3 Å². The average Bonchev–Trinajstić information content (AvgIpc) is 2.30. The first-order chi connectivity index (χ1) is 8.63. The summed E-state index contributed by atoms with van der Waals surface area (Å²) in [5.74, 6) is 1.42. The first-order valence-corrected chi connectivity index (χ1v) is 6.24. The molecule has 0 unspecified atom stereocenters. The summed E-state index contributed by atoms with van der Waals surface area (Å²) in [5.41, 5.74) is 0. The second kappa shape index (κ2) is 7.53. The van der Waals surface area contributed by atoms with Crippen molar-refractivity contribution in [2.45, 2.75) is 33.2 Å². The first-order valence-electron chi connectivity index (χ1n) is 6.24. The van der Waals surface area contributed by atoms with Gasteiger partial charge in [0.05, 0.1) is 6.61 Å². The lowest BCUT2D eigenvalue weighted by Gasteiger charge is -2.11. The SMILES string of the molecule is CCOc1cccnc1NCCC(=O)NC(C)C. The van der Waals surface area contributed by atoms with Crippen molar-refractivity contribution in [3.8, 4) is 5.75 Å². The molecule has 1 heterocycles. The van der Waals surface area contributed by atoms with Gasteiger partial charge in [0.1, 0.15) is 0 Å². The highest BCUT2D eigenvalue weighted by Crippen LogP contribution is 2.20. The van der Waals surface area contributed by atoms with Gasteiger partial charge in [-0.1, -0.05) is 0 Å². The van der Waals surface area contributed by atoms with Crippen LogP contribution >= 0.6 is 0 Å². The van der Waals surface area contributed by atoms with Crippen LogP contribution < -0.4 is 15.4 Å². The van der Waals surface area contributed by atoms with Crippen molar-refractivity contribution in [2.24, 2.45) is 0 Å². The quantitative estimate of drug-likeness (QED) is 0.775. The minimum Gasteiger partial charge on any atom is -0.490 e. The molecule has 0 radical (unpaired) electrons. The Kier molecular flexibility index (Phi) is 5.97. The zero-order chi connectivity index (χ0) is 13.4. The molecule has 0 saturated carbocycles. The van der Waals surface area contributed by atoms with Crippen LogP contribution in [0.1, 0.15) is 27.2 Å². The third-order valence-electron chi connectivity index (χ3n) is 2.16. The lowest BCUT2D eigenvalue weighted by Crippen LogP contribution is -2.31. The maximum atomic E-state index is 11.5. The number of rotatable bonds is 7.